The maximum Gasteiger partial charge on any atom is 0.140 e. The highest BCUT2D eigenvalue weighted by Crippen LogP contribution is 2.14. The van der Waals surface area contributed by atoms with Crippen LogP contribution < -0.4 is 4.74 Å². The summed E-state index contributed by atoms with van der Waals surface area (Å²) < 4.78 is 31.7. The average Bonchev–Trinajstić information content (AvgIpc) is 2.42. The lowest BCUT2D eigenvalue weighted by atomic mass is 10.1. The van der Waals surface area contributed by atoms with Crippen LogP contribution in [0.4, 0.5) is 8.78 Å². The van der Waals surface area contributed by atoms with Gasteiger partial charge in [0, 0.05) is 18.9 Å². The van der Waals surface area contributed by atoms with Crippen molar-refractivity contribution in [3.63, 3.8) is 0 Å². The summed E-state index contributed by atoms with van der Waals surface area (Å²) in [5.74, 6) is -0.779. The van der Waals surface area contributed by atoms with Crippen molar-refractivity contribution in [3.8, 4) is 5.75 Å². The lowest BCUT2D eigenvalue weighted by Crippen LogP contribution is -2.10. The Labute approximate surface area is 122 Å². The third-order valence-electron chi connectivity index (χ3n) is 3.04. The SMILES string of the molecule is Cc1cccc(OCCC(=O)Cc2ccc(F)cc2F)c1. The normalized spacial score (nSPS) is 10.4. The molecular weight excluding hydrogens is 274 g/mol. The molecule has 0 fully saturated rings. The molecule has 2 rings (SSSR count). The molecule has 21 heavy (non-hydrogen) atoms. The molecule has 0 unspecified atom stereocenters. The molecule has 0 aliphatic rings. The van der Waals surface area contributed by atoms with Gasteiger partial charge in [0.2, 0.25) is 0 Å². The Kier molecular flexibility index (Phi) is 5.04. The van der Waals surface area contributed by atoms with E-state index in [-0.39, 0.29) is 30.8 Å². The molecule has 110 valence electrons. The van der Waals surface area contributed by atoms with Crippen LogP contribution in [0.5, 0.6) is 5.75 Å². The van der Waals surface area contributed by atoms with Gasteiger partial charge in [0.1, 0.15) is 23.2 Å². The monoisotopic (exact) mass is 290 g/mol. The minimum atomic E-state index is -0.692. The first kappa shape index (κ1) is 15.2. The first-order chi connectivity index (χ1) is 10.0. The van der Waals surface area contributed by atoms with Gasteiger partial charge >= 0.3 is 0 Å². The molecule has 0 N–H and O–H groups in total. The van der Waals surface area contributed by atoms with Gasteiger partial charge in [-0.25, -0.2) is 8.78 Å². The van der Waals surface area contributed by atoms with Crippen LogP contribution in [-0.2, 0) is 11.2 Å². The molecule has 0 amide bonds. The zero-order valence-corrected chi connectivity index (χ0v) is 11.7. The lowest BCUT2D eigenvalue weighted by molar-refractivity contribution is -0.118. The second-order valence-corrected chi connectivity index (χ2v) is 4.87. The molecule has 0 saturated carbocycles. The molecule has 0 saturated heterocycles. The van der Waals surface area contributed by atoms with Crippen LogP contribution in [-0.4, -0.2) is 12.4 Å². The number of benzene rings is 2. The van der Waals surface area contributed by atoms with Gasteiger partial charge < -0.3 is 4.74 Å². The summed E-state index contributed by atoms with van der Waals surface area (Å²) in [6, 6.07) is 10.8. The minimum absolute atomic E-state index is 0.0523. The van der Waals surface area contributed by atoms with E-state index < -0.39 is 11.6 Å². The third-order valence-corrected chi connectivity index (χ3v) is 3.04. The molecular formula is C17H16F2O2. The minimum Gasteiger partial charge on any atom is -0.493 e. The predicted molar refractivity (Wildman–Crippen MR) is 76.4 cm³/mol. The summed E-state index contributed by atoms with van der Waals surface area (Å²) in [4.78, 5) is 11.8. The van der Waals surface area contributed by atoms with Gasteiger partial charge in [0.25, 0.3) is 0 Å². The van der Waals surface area contributed by atoms with Gasteiger partial charge in [0.05, 0.1) is 6.61 Å². The van der Waals surface area contributed by atoms with E-state index in [1.807, 2.05) is 31.2 Å². The van der Waals surface area contributed by atoms with Gasteiger partial charge in [-0.2, -0.15) is 0 Å². The Morgan fingerprint density at radius 2 is 1.95 bits per heavy atom. The first-order valence-electron chi connectivity index (χ1n) is 6.69. The molecule has 0 heterocycles. The van der Waals surface area contributed by atoms with E-state index in [0.717, 1.165) is 17.7 Å². The summed E-state index contributed by atoms with van der Waals surface area (Å²) in [7, 11) is 0. The van der Waals surface area contributed by atoms with Crippen molar-refractivity contribution in [2.24, 2.45) is 0 Å². The fourth-order valence-corrected chi connectivity index (χ4v) is 1.95. The highest BCUT2D eigenvalue weighted by atomic mass is 19.1. The number of hydrogen-bond donors (Lipinski definition) is 0. The van der Waals surface area contributed by atoms with Crippen molar-refractivity contribution in [1.29, 1.82) is 0 Å². The largest absolute Gasteiger partial charge is 0.493 e. The second kappa shape index (κ2) is 6.97. The van der Waals surface area contributed by atoms with Gasteiger partial charge in [-0.3, -0.25) is 4.79 Å². The Balaban J connectivity index is 1.82. The summed E-state index contributed by atoms with van der Waals surface area (Å²) in [6.07, 6.45) is 0.133. The fourth-order valence-electron chi connectivity index (χ4n) is 1.95. The van der Waals surface area contributed by atoms with E-state index in [1.54, 1.807) is 0 Å². The standard InChI is InChI=1S/C17H16F2O2/c1-12-3-2-4-16(9-12)21-8-7-15(20)10-13-5-6-14(18)11-17(13)19/h2-6,9,11H,7-8,10H2,1H3. The average molecular weight is 290 g/mol. The molecule has 0 spiro atoms. The van der Waals surface area contributed by atoms with Gasteiger partial charge in [-0.1, -0.05) is 18.2 Å². The van der Waals surface area contributed by atoms with E-state index in [0.29, 0.717) is 5.75 Å². The second-order valence-electron chi connectivity index (χ2n) is 4.87. The van der Waals surface area contributed by atoms with Crippen LogP contribution in [0.3, 0.4) is 0 Å². The molecule has 0 atom stereocenters. The molecule has 2 aromatic carbocycles. The highest BCUT2D eigenvalue weighted by Gasteiger charge is 2.09. The molecule has 2 aromatic rings. The third kappa shape index (κ3) is 4.67. The van der Waals surface area contributed by atoms with Crippen LogP contribution in [0, 0.1) is 18.6 Å². The smallest absolute Gasteiger partial charge is 0.140 e. The summed E-state index contributed by atoms with van der Waals surface area (Å²) in [6.45, 7) is 2.19. The van der Waals surface area contributed by atoms with E-state index >= 15 is 0 Å². The number of hydrogen-bond acceptors (Lipinski definition) is 2. The van der Waals surface area contributed by atoms with Crippen LogP contribution in [0.2, 0.25) is 0 Å². The molecule has 0 bridgehead atoms. The van der Waals surface area contributed by atoms with Crippen molar-refractivity contribution in [2.45, 2.75) is 19.8 Å². The lowest BCUT2D eigenvalue weighted by Gasteiger charge is -2.07. The topological polar surface area (TPSA) is 26.3 Å². The van der Waals surface area contributed by atoms with Crippen molar-refractivity contribution in [3.05, 3.63) is 65.2 Å². The Morgan fingerprint density at radius 1 is 1.14 bits per heavy atom. The maximum atomic E-state index is 13.4. The van der Waals surface area contributed by atoms with E-state index in [4.69, 9.17) is 4.74 Å². The molecule has 0 aliphatic heterocycles. The predicted octanol–water partition coefficient (Wildman–Crippen LogP) is 3.85. The van der Waals surface area contributed by atoms with E-state index in [2.05, 4.69) is 0 Å². The summed E-state index contributed by atoms with van der Waals surface area (Å²) in [5, 5.41) is 0. The molecule has 0 aliphatic carbocycles. The van der Waals surface area contributed by atoms with Crippen LogP contribution >= 0.6 is 0 Å². The number of ketones is 1. The van der Waals surface area contributed by atoms with Gasteiger partial charge in [-0.05, 0) is 36.2 Å². The van der Waals surface area contributed by atoms with Crippen LogP contribution in [0.15, 0.2) is 42.5 Å². The van der Waals surface area contributed by atoms with Gasteiger partial charge in [0.15, 0.2) is 0 Å². The number of rotatable bonds is 6. The zero-order valence-electron chi connectivity index (χ0n) is 11.7. The van der Waals surface area contributed by atoms with E-state index in [9.17, 15) is 13.6 Å². The number of carbonyl (C=O) groups is 1. The van der Waals surface area contributed by atoms with Crippen molar-refractivity contribution in [1.82, 2.24) is 0 Å². The molecule has 0 aromatic heterocycles. The Hall–Kier alpha value is -2.23. The quantitative estimate of drug-likeness (QED) is 0.807. The fraction of sp³-hybridized carbons (Fsp3) is 0.235. The first-order valence-corrected chi connectivity index (χ1v) is 6.69. The number of carbonyl (C=O) groups excluding carboxylic acids is 1. The Morgan fingerprint density at radius 3 is 2.67 bits per heavy atom. The molecule has 0 radical (unpaired) electrons. The number of halogens is 2. The molecule has 4 heteroatoms. The highest BCUT2D eigenvalue weighted by molar-refractivity contribution is 5.81. The number of Topliss-reactive ketones (excluding diaryl/α,β-unsaturated/α-hetero) is 1. The number of aryl methyl sites for hydroxylation is 1. The van der Waals surface area contributed by atoms with Crippen molar-refractivity contribution in [2.75, 3.05) is 6.61 Å². The number of ether oxygens (including phenoxy) is 1. The Bertz CT molecular complexity index is 638. The van der Waals surface area contributed by atoms with E-state index in [1.165, 1.54) is 6.07 Å². The van der Waals surface area contributed by atoms with Crippen LogP contribution in [0.25, 0.3) is 0 Å². The van der Waals surface area contributed by atoms with Crippen LogP contribution in [0.1, 0.15) is 17.5 Å². The zero-order chi connectivity index (χ0) is 15.2. The molecule has 2 nitrogen and oxygen atoms in total. The summed E-state index contributed by atoms with van der Waals surface area (Å²) in [5.41, 5.74) is 1.28. The summed E-state index contributed by atoms with van der Waals surface area (Å²) >= 11 is 0. The maximum absolute atomic E-state index is 13.4. The van der Waals surface area contributed by atoms with Gasteiger partial charge in [-0.15, -0.1) is 0 Å². The van der Waals surface area contributed by atoms with Crippen molar-refractivity contribution >= 4 is 5.78 Å². The van der Waals surface area contributed by atoms with Crippen molar-refractivity contribution < 1.29 is 18.3 Å².